The van der Waals surface area contributed by atoms with E-state index in [2.05, 4.69) is 5.32 Å². The van der Waals surface area contributed by atoms with Crippen LogP contribution in [0.2, 0.25) is 0 Å². The summed E-state index contributed by atoms with van der Waals surface area (Å²) in [5, 5.41) is 12.4. The van der Waals surface area contributed by atoms with Crippen LogP contribution in [0.15, 0.2) is 52.0 Å². The summed E-state index contributed by atoms with van der Waals surface area (Å²) < 4.78 is 5.30. The minimum absolute atomic E-state index is 0.408. The second kappa shape index (κ2) is 4.51. The van der Waals surface area contributed by atoms with Crippen LogP contribution in [0.4, 0.5) is 5.69 Å². The van der Waals surface area contributed by atoms with Gasteiger partial charge in [-0.05, 0) is 24.3 Å². The number of hydrogen-bond acceptors (Lipinski definition) is 4. The summed E-state index contributed by atoms with van der Waals surface area (Å²) >= 11 is 1.42. The van der Waals surface area contributed by atoms with E-state index in [9.17, 15) is 9.90 Å². The fourth-order valence-corrected chi connectivity index (χ4v) is 3.06. The van der Waals surface area contributed by atoms with E-state index in [1.807, 2.05) is 24.3 Å². The number of aliphatic hydroxyl groups is 1. The zero-order chi connectivity index (χ0) is 12.5. The van der Waals surface area contributed by atoms with Crippen molar-refractivity contribution in [3.63, 3.8) is 0 Å². The number of aliphatic hydroxyl groups excluding tert-OH is 1. The second-order valence-electron chi connectivity index (χ2n) is 3.98. The maximum atomic E-state index is 11.9. The van der Waals surface area contributed by atoms with Gasteiger partial charge in [-0.3, -0.25) is 4.79 Å². The lowest BCUT2D eigenvalue weighted by molar-refractivity contribution is -0.124. The van der Waals surface area contributed by atoms with Crippen LogP contribution in [0.5, 0.6) is 0 Å². The molecule has 0 saturated heterocycles. The average Bonchev–Trinajstić information content (AvgIpc) is 2.86. The fraction of sp³-hybridized carbons (Fsp3) is 0.154. The number of carbonyl (C=O) groups excluding carboxylic acids is 1. The highest BCUT2D eigenvalue weighted by Gasteiger charge is 2.34. The van der Waals surface area contributed by atoms with Crippen LogP contribution in [0, 0.1) is 0 Å². The maximum Gasteiger partial charge on any atom is 0.254 e. The monoisotopic (exact) mass is 261 g/mol. The van der Waals surface area contributed by atoms with Gasteiger partial charge in [0.15, 0.2) is 6.10 Å². The minimum atomic E-state index is -1.13. The molecule has 4 nitrogen and oxygen atoms in total. The molecule has 2 heterocycles. The number of nitrogens with one attached hydrogen (secondary N) is 1. The molecule has 18 heavy (non-hydrogen) atoms. The summed E-state index contributed by atoms with van der Waals surface area (Å²) in [6, 6.07) is 11.0. The van der Waals surface area contributed by atoms with Crippen molar-refractivity contribution in [1.82, 2.24) is 0 Å². The SMILES string of the molecule is O=C1Nc2ccccc2S[C@H](c2ccco2)[C@H]1O. The van der Waals surface area contributed by atoms with Crippen LogP contribution in [-0.2, 0) is 4.79 Å². The highest BCUT2D eigenvalue weighted by atomic mass is 32.2. The maximum absolute atomic E-state index is 11.9. The Hall–Kier alpha value is -1.72. The second-order valence-corrected chi connectivity index (χ2v) is 5.17. The minimum Gasteiger partial charge on any atom is -0.468 e. The molecule has 92 valence electrons. The van der Waals surface area contributed by atoms with Crippen LogP contribution >= 0.6 is 11.8 Å². The molecule has 3 rings (SSSR count). The van der Waals surface area contributed by atoms with Gasteiger partial charge >= 0.3 is 0 Å². The number of fused-ring (bicyclic) bond motifs is 1. The molecule has 1 aromatic heterocycles. The third kappa shape index (κ3) is 1.91. The molecule has 0 aliphatic carbocycles. The summed E-state index contributed by atoms with van der Waals surface area (Å²) in [6.45, 7) is 0. The molecular formula is C13H11NO3S. The molecule has 0 bridgehead atoms. The number of amides is 1. The predicted octanol–water partition coefficient (Wildman–Crippen LogP) is 2.43. The van der Waals surface area contributed by atoms with E-state index in [1.54, 1.807) is 12.1 Å². The van der Waals surface area contributed by atoms with Crippen molar-refractivity contribution in [3.05, 3.63) is 48.4 Å². The van der Waals surface area contributed by atoms with Crippen molar-refractivity contribution in [2.24, 2.45) is 0 Å². The number of thioether (sulfide) groups is 1. The van der Waals surface area contributed by atoms with Crippen LogP contribution in [-0.4, -0.2) is 17.1 Å². The van der Waals surface area contributed by atoms with Gasteiger partial charge in [-0.1, -0.05) is 12.1 Å². The van der Waals surface area contributed by atoms with E-state index in [1.165, 1.54) is 18.0 Å². The Morgan fingerprint density at radius 3 is 2.83 bits per heavy atom. The van der Waals surface area contributed by atoms with Crippen molar-refractivity contribution in [1.29, 1.82) is 0 Å². The van der Waals surface area contributed by atoms with Crippen LogP contribution in [0.3, 0.4) is 0 Å². The third-order valence-corrected chi connectivity index (χ3v) is 4.13. The Morgan fingerprint density at radius 1 is 1.22 bits per heavy atom. The van der Waals surface area contributed by atoms with Gasteiger partial charge in [-0.25, -0.2) is 0 Å². The van der Waals surface area contributed by atoms with Crippen molar-refractivity contribution < 1.29 is 14.3 Å². The van der Waals surface area contributed by atoms with Crippen molar-refractivity contribution in [2.45, 2.75) is 16.2 Å². The van der Waals surface area contributed by atoms with Gasteiger partial charge in [-0.15, -0.1) is 11.8 Å². The number of para-hydroxylation sites is 1. The molecule has 1 amide bonds. The van der Waals surface area contributed by atoms with Gasteiger partial charge in [-0.2, -0.15) is 0 Å². The first-order valence-corrected chi connectivity index (χ1v) is 6.42. The molecule has 2 N–H and O–H groups in total. The zero-order valence-corrected chi connectivity index (χ0v) is 10.2. The Balaban J connectivity index is 2.03. The number of hydrogen-bond donors (Lipinski definition) is 2. The largest absolute Gasteiger partial charge is 0.468 e. The zero-order valence-electron chi connectivity index (χ0n) is 9.37. The van der Waals surface area contributed by atoms with Crippen LogP contribution < -0.4 is 5.32 Å². The summed E-state index contributed by atoms with van der Waals surface area (Å²) in [5.41, 5.74) is 0.723. The number of rotatable bonds is 1. The molecule has 5 heteroatoms. The van der Waals surface area contributed by atoms with Crippen molar-refractivity contribution >= 4 is 23.4 Å². The van der Waals surface area contributed by atoms with E-state index in [-0.39, 0.29) is 0 Å². The van der Waals surface area contributed by atoms with Crippen molar-refractivity contribution in [3.8, 4) is 0 Å². The Morgan fingerprint density at radius 2 is 2.06 bits per heavy atom. The molecular weight excluding hydrogens is 250 g/mol. The van der Waals surface area contributed by atoms with E-state index >= 15 is 0 Å². The highest BCUT2D eigenvalue weighted by Crippen LogP contribution is 2.43. The highest BCUT2D eigenvalue weighted by molar-refractivity contribution is 7.99. The van der Waals surface area contributed by atoms with E-state index < -0.39 is 17.3 Å². The van der Waals surface area contributed by atoms with E-state index in [0.29, 0.717) is 5.76 Å². The first-order chi connectivity index (χ1) is 8.75. The number of carbonyl (C=O) groups is 1. The summed E-state index contributed by atoms with van der Waals surface area (Å²) in [7, 11) is 0. The predicted molar refractivity (Wildman–Crippen MR) is 68.4 cm³/mol. The molecule has 1 aliphatic heterocycles. The molecule has 0 fully saturated rings. The molecule has 1 aromatic carbocycles. The standard InChI is InChI=1S/C13H11NO3S/c15-11-12(9-5-3-7-17-9)18-10-6-2-1-4-8(10)14-13(11)16/h1-7,11-12,15H,(H,14,16)/t11-,12-/m1/s1. The van der Waals surface area contributed by atoms with Gasteiger partial charge in [0, 0.05) is 4.90 Å². The lowest BCUT2D eigenvalue weighted by atomic mass is 10.2. The Bertz CT molecular complexity index is 567. The molecule has 2 aromatic rings. The topological polar surface area (TPSA) is 62.5 Å². The Labute approximate surface area is 108 Å². The lowest BCUT2D eigenvalue weighted by Crippen LogP contribution is -2.30. The summed E-state index contributed by atoms with van der Waals surface area (Å²) in [5.74, 6) is 0.188. The van der Waals surface area contributed by atoms with Gasteiger partial charge in [0.25, 0.3) is 5.91 Å². The molecule has 0 spiro atoms. The fourth-order valence-electron chi connectivity index (χ4n) is 1.88. The first kappa shape index (κ1) is 11.4. The summed E-state index contributed by atoms with van der Waals surface area (Å²) in [4.78, 5) is 12.8. The van der Waals surface area contributed by atoms with Gasteiger partial charge in [0.1, 0.15) is 11.0 Å². The molecule has 0 saturated carbocycles. The Kier molecular flexibility index (Phi) is 2.85. The summed E-state index contributed by atoms with van der Waals surface area (Å²) in [6.07, 6.45) is 0.408. The van der Waals surface area contributed by atoms with Crippen LogP contribution in [0.1, 0.15) is 11.0 Å². The number of anilines is 1. The average molecular weight is 261 g/mol. The van der Waals surface area contributed by atoms with Crippen LogP contribution in [0.25, 0.3) is 0 Å². The van der Waals surface area contributed by atoms with Crippen molar-refractivity contribution in [2.75, 3.05) is 5.32 Å². The molecule has 2 atom stereocenters. The molecule has 0 radical (unpaired) electrons. The number of benzene rings is 1. The lowest BCUT2D eigenvalue weighted by Gasteiger charge is -2.15. The normalized spacial score (nSPS) is 23.1. The van der Waals surface area contributed by atoms with Gasteiger partial charge in [0.05, 0.1) is 12.0 Å². The van der Waals surface area contributed by atoms with Gasteiger partial charge in [0.2, 0.25) is 0 Å². The molecule has 0 unspecified atom stereocenters. The molecule has 1 aliphatic rings. The quantitative estimate of drug-likeness (QED) is 0.827. The smallest absolute Gasteiger partial charge is 0.254 e. The van der Waals surface area contributed by atoms with E-state index in [4.69, 9.17) is 4.42 Å². The van der Waals surface area contributed by atoms with E-state index in [0.717, 1.165) is 10.6 Å². The first-order valence-electron chi connectivity index (χ1n) is 5.54. The third-order valence-electron chi connectivity index (χ3n) is 2.78. The number of furan rings is 1. The van der Waals surface area contributed by atoms with Gasteiger partial charge < -0.3 is 14.8 Å².